The van der Waals surface area contributed by atoms with Gasteiger partial charge in [0.2, 0.25) is 0 Å². The summed E-state index contributed by atoms with van der Waals surface area (Å²) in [6.07, 6.45) is 2.67. The van der Waals surface area contributed by atoms with Crippen molar-refractivity contribution in [3.05, 3.63) is 51.4 Å². The van der Waals surface area contributed by atoms with E-state index in [1.165, 1.54) is 4.68 Å². The molecular weight excluding hydrogens is 334 g/mol. The van der Waals surface area contributed by atoms with E-state index in [2.05, 4.69) is 33.3 Å². The van der Waals surface area contributed by atoms with E-state index in [0.717, 1.165) is 28.9 Å². The molecule has 112 valence electrons. The first kappa shape index (κ1) is 15.6. The zero-order chi connectivity index (χ0) is 15.1. The van der Waals surface area contributed by atoms with E-state index in [9.17, 15) is 4.79 Å². The van der Waals surface area contributed by atoms with E-state index in [4.69, 9.17) is 4.74 Å². The third-order valence-electron chi connectivity index (χ3n) is 2.82. The molecule has 21 heavy (non-hydrogen) atoms. The summed E-state index contributed by atoms with van der Waals surface area (Å²) in [7, 11) is 0. The average molecular weight is 352 g/mol. The molecule has 0 fully saturated rings. The van der Waals surface area contributed by atoms with Gasteiger partial charge in [0.25, 0.3) is 5.56 Å². The van der Waals surface area contributed by atoms with E-state index in [1.807, 2.05) is 24.3 Å². The fourth-order valence-electron chi connectivity index (χ4n) is 1.77. The Balaban J connectivity index is 1.90. The predicted octanol–water partition coefficient (Wildman–Crippen LogP) is 2.91. The minimum atomic E-state index is -0.131. The van der Waals surface area contributed by atoms with Crippen LogP contribution >= 0.6 is 15.9 Å². The summed E-state index contributed by atoms with van der Waals surface area (Å²) in [5.74, 6) is 0.763. The Kier molecular flexibility index (Phi) is 5.80. The molecule has 0 spiro atoms. The number of anilines is 1. The van der Waals surface area contributed by atoms with Crippen LogP contribution in [0.5, 0.6) is 5.75 Å². The van der Waals surface area contributed by atoms with Crippen LogP contribution in [0.2, 0.25) is 0 Å². The predicted molar refractivity (Wildman–Crippen MR) is 86.9 cm³/mol. The van der Waals surface area contributed by atoms with Crippen molar-refractivity contribution < 1.29 is 4.74 Å². The zero-order valence-corrected chi connectivity index (χ0v) is 13.5. The molecule has 0 aliphatic carbocycles. The van der Waals surface area contributed by atoms with Crippen LogP contribution in [0.1, 0.15) is 13.3 Å². The zero-order valence-electron chi connectivity index (χ0n) is 11.9. The molecule has 1 heterocycles. The Morgan fingerprint density at radius 1 is 1.38 bits per heavy atom. The van der Waals surface area contributed by atoms with Crippen LogP contribution in [0.3, 0.4) is 0 Å². The summed E-state index contributed by atoms with van der Waals surface area (Å²) in [6, 6.07) is 9.15. The van der Waals surface area contributed by atoms with E-state index in [1.54, 1.807) is 12.3 Å². The molecule has 0 atom stereocenters. The van der Waals surface area contributed by atoms with Crippen LogP contribution < -0.4 is 15.6 Å². The van der Waals surface area contributed by atoms with Crippen molar-refractivity contribution in [1.29, 1.82) is 0 Å². The highest BCUT2D eigenvalue weighted by Crippen LogP contribution is 2.17. The third-order valence-corrected chi connectivity index (χ3v) is 3.31. The highest BCUT2D eigenvalue weighted by Gasteiger charge is 2.01. The lowest BCUT2D eigenvalue weighted by molar-refractivity contribution is 0.287. The maximum Gasteiger partial charge on any atom is 0.268 e. The molecule has 1 aromatic heterocycles. The molecule has 0 bridgehead atoms. The quantitative estimate of drug-likeness (QED) is 0.833. The molecule has 6 heteroatoms. The van der Waals surface area contributed by atoms with Crippen LogP contribution in [-0.2, 0) is 6.54 Å². The Bertz CT molecular complexity index is 643. The minimum Gasteiger partial charge on any atom is -0.492 e. The standard InChI is InChI=1S/C15H18BrN3O2/c1-2-6-17-13-10-15(20)19(18-11-13)7-8-21-14-5-3-4-12(16)9-14/h3-5,9-11,17H,2,6-8H2,1H3. The number of nitrogens with one attached hydrogen (secondary N) is 1. The first-order valence-corrected chi connectivity index (χ1v) is 7.67. The van der Waals surface area contributed by atoms with Gasteiger partial charge in [-0.25, -0.2) is 4.68 Å². The van der Waals surface area contributed by atoms with E-state index >= 15 is 0 Å². The SMILES string of the molecule is CCCNc1cnn(CCOc2cccc(Br)c2)c(=O)c1. The summed E-state index contributed by atoms with van der Waals surface area (Å²) < 4.78 is 7.95. The molecule has 0 unspecified atom stereocenters. The highest BCUT2D eigenvalue weighted by atomic mass is 79.9. The molecule has 2 aromatic rings. The second-order valence-corrected chi connectivity index (χ2v) is 5.45. The molecule has 0 saturated heterocycles. The monoisotopic (exact) mass is 351 g/mol. The number of aromatic nitrogens is 2. The third kappa shape index (κ3) is 4.90. The largest absolute Gasteiger partial charge is 0.492 e. The fraction of sp³-hybridized carbons (Fsp3) is 0.333. The van der Waals surface area contributed by atoms with Crippen molar-refractivity contribution in [1.82, 2.24) is 9.78 Å². The summed E-state index contributed by atoms with van der Waals surface area (Å²) >= 11 is 3.38. The maximum absolute atomic E-state index is 11.9. The summed E-state index contributed by atoms with van der Waals surface area (Å²) in [6.45, 7) is 3.71. The van der Waals surface area contributed by atoms with Gasteiger partial charge < -0.3 is 10.1 Å². The topological polar surface area (TPSA) is 56.1 Å². The maximum atomic E-state index is 11.9. The van der Waals surface area contributed by atoms with Gasteiger partial charge in [0.1, 0.15) is 12.4 Å². The normalized spacial score (nSPS) is 10.4. The summed E-state index contributed by atoms with van der Waals surface area (Å²) in [4.78, 5) is 11.9. The number of rotatable bonds is 7. The van der Waals surface area contributed by atoms with E-state index in [-0.39, 0.29) is 5.56 Å². The fourth-order valence-corrected chi connectivity index (χ4v) is 2.15. The van der Waals surface area contributed by atoms with Crippen molar-refractivity contribution in [2.45, 2.75) is 19.9 Å². The molecule has 5 nitrogen and oxygen atoms in total. The molecule has 0 saturated carbocycles. The number of ether oxygens (including phenoxy) is 1. The number of halogens is 1. The van der Waals surface area contributed by atoms with Crippen molar-refractivity contribution in [3.8, 4) is 5.75 Å². The molecule has 0 radical (unpaired) electrons. The van der Waals surface area contributed by atoms with Gasteiger partial charge in [0, 0.05) is 17.1 Å². The lowest BCUT2D eigenvalue weighted by Crippen LogP contribution is -2.25. The minimum absolute atomic E-state index is 0.131. The van der Waals surface area contributed by atoms with Gasteiger partial charge in [-0.3, -0.25) is 4.79 Å². The van der Waals surface area contributed by atoms with Crippen LogP contribution in [0.15, 0.2) is 45.8 Å². The van der Waals surface area contributed by atoms with Crippen molar-refractivity contribution in [2.75, 3.05) is 18.5 Å². The van der Waals surface area contributed by atoms with Crippen LogP contribution in [0.4, 0.5) is 5.69 Å². The molecule has 0 aliphatic rings. The van der Waals surface area contributed by atoms with Crippen molar-refractivity contribution >= 4 is 21.6 Å². The van der Waals surface area contributed by atoms with Gasteiger partial charge in [0.15, 0.2) is 0 Å². The van der Waals surface area contributed by atoms with Crippen LogP contribution in [0, 0.1) is 0 Å². The lowest BCUT2D eigenvalue weighted by Gasteiger charge is -2.09. The van der Waals surface area contributed by atoms with E-state index < -0.39 is 0 Å². The average Bonchev–Trinajstić information content (AvgIpc) is 2.47. The molecule has 2 rings (SSSR count). The second kappa shape index (κ2) is 7.83. The number of hydrogen-bond acceptors (Lipinski definition) is 4. The first-order valence-electron chi connectivity index (χ1n) is 6.88. The van der Waals surface area contributed by atoms with Gasteiger partial charge in [-0.1, -0.05) is 28.9 Å². The van der Waals surface area contributed by atoms with Gasteiger partial charge in [0.05, 0.1) is 18.4 Å². The molecule has 0 aliphatic heterocycles. The summed E-state index contributed by atoms with van der Waals surface area (Å²) in [5, 5.41) is 7.27. The Hall–Kier alpha value is -1.82. The summed E-state index contributed by atoms with van der Waals surface area (Å²) in [5.41, 5.74) is 0.625. The van der Waals surface area contributed by atoms with Gasteiger partial charge in [-0.05, 0) is 24.6 Å². The Labute approximate surface area is 132 Å². The molecule has 0 amide bonds. The first-order chi connectivity index (χ1) is 10.2. The second-order valence-electron chi connectivity index (χ2n) is 4.54. The Morgan fingerprint density at radius 2 is 2.24 bits per heavy atom. The lowest BCUT2D eigenvalue weighted by atomic mass is 10.3. The molecule has 1 aromatic carbocycles. The van der Waals surface area contributed by atoms with Gasteiger partial charge >= 0.3 is 0 Å². The van der Waals surface area contributed by atoms with Gasteiger partial charge in [-0.15, -0.1) is 0 Å². The van der Waals surface area contributed by atoms with Crippen molar-refractivity contribution in [2.24, 2.45) is 0 Å². The van der Waals surface area contributed by atoms with Crippen LogP contribution in [0.25, 0.3) is 0 Å². The molecular formula is C15H18BrN3O2. The number of nitrogens with zero attached hydrogens (tertiary/aromatic N) is 2. The van der Waals surface area contributed by atoms with Gasteiger partial charge in [-0.2, -0.15) is 5.10 Å². The highest BCUT2D eigenvalue weighted by molar-refractivity contribution is 9.10. The smallest absolute Gasteiger partial charge is 0.268 e. The Morgan fingerprint density at radius 3 is 2.95 bits per heavy atom. The molecule has 1 N–H and O–H groups in total. The van der Waals surface area contributed by atoms with Crippen molar-refractivity contribution in [3.63, 3.8) is 0 Å². The number of benzene rings is 1. The van der Waals surface area contributed by atoms with Crippen LogP contribution in [-0.4, -0.2) is 22.9 Å². The number of hydrogen-bond donors (Lipinski definition) is 1. The van der Waals surface area contributed by atoms with E-state index in [0.29, 0.717) is 13.2 Å².